The lowest BCUT2D eigenvalue weighted by atomic mass is 10.3. The quantitative estimate of drug-likeness (QED) is 0.809. The van der Waals surface area contributed by atoms with E-state index in [1.165, 1.54) is 0 Å². The van der Waals surface area contributed by atoms with E-state index in [1.807, 2.05) is 24.3 Å². The molecule has 0 aliphatic heterocycles. The van der Waals surface area contributed by atoms with Crippen molar-refractivity contribution in [1.29, 1.82) is 0 Å². The van der Waals surface area contributed by atoms with E-state index in [4.69, 9.17) is 4.74 Å². The second-order valence-corrected chi connectivity index (χ2v) is 3.44. The van der Waals surface area contributed by atoms with Crippen LogP contribution < -0.4 is 10.1 Å². The molecule has 0 atom stereocenters. The van der Waals surface area contributed by atoms with E-state index < -0.39 is 0 Å². The monoisotopic (exact) mass is 217 g/mol. The number of anilines is 2. The molecule has 0 unspecified atom stereocenters. The number of aromatic amines is 1. The van der Waals surface area contributed by atoms with Crippen molar-refractivity contribution in [3.63, 3.8) is 0 Å². The van der Waals surface area contributed by atoms with Crippen molar-refractivity contribution < 1.29 is 4.74 Å². The van der Waals surface area contributed by atoms with E-state index in [2.05, 4.69) is 22.2 Å². The third-order valence-corrected chi connectivity index (χ3v) is 2.09. The first-order valence-electron chi connectivity index (χ1n) is 5.38. The number of ether oxygens (including phenoxy) is 1. The summed E-state index contributed by atoms with van der Waals surface area (Å²) in [6.45, 7) is 2.85. The Hall–Kier alpha value is -1.97. The van der Waals surface area contributed by atoms with Gasteiger partial charge in [-0.2, -0.15) is 0 Å². The van der Waals surface area contributed by atoms with E-state index >= 15 is 0 Å². The van der Waals surface area contributed by atoms with Gasteiger partial charge in [0.2, 0.25) is 5.95 Å². The van der Waals surface area contributed by atoms with Crippen LogP contribution in [-0.4, -0.2) is 16.6 Å². The Labute approximate surface area is 94.7 Å². The summed E-state index contributed by atoms with van der Waals surface area (Å²) in [5.41, 5.74) is 0.985. The first-order chi connectivity index (χ1) is 7.88. The van der Waals surface area contributed by atoms with Gasteiger partial charge in [-0.3, -0.25) is 0 Å². The molecule has 1 aromatic heterocycles. The maximum absolute atomic E-state index is 5.49. The van der Waals surface area contributed by atoms with Gasteiger partial charge >= 0.3 is 0 Å². The van der Waals surface area contributed by atoms with E-state index in [0.29, 0.717) is 0 Å². The maximum atomic E-state index is 5.49. The molecule has 0 amide bonds. The lowest BCUT2D eigenvalue weighted by Crippen LogP contribution is -1.95. The van der Waals surface area contributed by atoms with Crippen molar-refractivity contribution >= 4 is 11.6 Å². The van der Waals surface area contributed by atoms with Crippen LogP contribution in [0.15, 0.2) is 36.7 Å². The summed E-state index contributed by atoms with van der Waals surface area (Å²) in [7, 11) is 0. The van der Waals surface area contributed by atoms with Crippen LogP contribution in [0.1, 0.15) is 13.3 Å². The molecule has 0 spiro atoms. The summed E-state index contributed by atoms with van der Waals surface area (Å²) in [4.78, 5) is 7.07. The molecule has 0 radical (unpaired) electrons. The lowest BCUT2D eigenvalue weighted by Gasteiger charge is -2.06. The van der Waals surface area contributed by atoms with Crippen LogP contribution in [0, 0.1) is 0 Å². The molecule has 1 aromatic carbocycles. The maximum Gasteiger partial charge on any atom is 0.204 e. The van der Waals surface area contributed by atoms with E-state index in [1.54, 1.807) is 12.4 Å². The van der Waals surface area contributed by atoms with Gasteiger partial charge in [0.25, 0.3) is 0 Å². The largest absolute Gasteiger partial charge is 0.494 e. The van der Waals surface area contributed by atoms with Crippen LogP contribution in [0.2, 0.25) is 0 Å². The summed E-state index contributed by atoms with van der Waals surface area (Å²) in [5.74, 6) is 1.63. The van der Waals surface area contributed by atoms with Crippen molar-refractivity contribution in [2.45, 2.75) is 13.3 Å². The van der Waals surface area contributed by atoms with E-state index in [9.17, 15) is 0 Å². The Kier molecular flexibility index (Phi) is 3.43. The molecule has 0 fully saturated rings. The fourth-order valence-corrected chi connectivity index (χ4v) is 1.32. The normalized spacial score (nSPS) is 10.1. The molecule has 0 bridgehead atoms. The Bertz CT molecular complexity index is 408. The lowest BCUT2D eigenvalue weighted by molar-refractivity contribution is 0.317. The molecule has 0 saturated carbocycles. The Morgan fingerprint density at radius 3 is 2.75 bits per heavy atom. The Morgan fingerprint density at radius 1 is 1.31 bits per heavy atom. The average Bonchev–Trinajstić information content (AvgIpc) is 2.81. The minimum absolute atomic E-state index is 0.738. The zero-order valence-corrected chi connectivity index (χ0v) is 9.23. The number of nitrogens with one attached hydrogen (secondary N) is 2. The number of benzene rings is 1. The number of rotatable bonds is 5. The van der Waals surface area contributed by atoms with Gasteiger partial charge in [-0.1, -0.05) is 6.92 Å². The topological polar surface area (TPSA) is 49.9 Å². The molecule has 4 nitrogen and oxygen atoms in total. The Balaban J connectivity index is 1.96. The van der Waals surface area contributed by atoms with Crippen LogP contribution in [0.3, 0.4) is 0 Å². The third-order valence-electron chi connectivity index (χ3n) is 2.09. The van der Waals surface area contributed by atoms with Gasteiger partial charge in [0.15, 0.2) is 0 Å². The van der Waals surface area contributed by atoms with Crippen molar-refractivity contribution in [1.82, 2.24) is 9.97 Å². The molecule has 0 aliphatic rings. The van der Waals surface area contributed by atoms with Crippen molar-refractivity contribution in [3.05, 3.63) is 36.7 Å². The first kappa shape index (κ1) is 10.5. The highest BCUT2D eigenvalue weighted by atomic mass is 16.5. The molecule has 2 aromatic rings. The summed E-state index contributed by atoms with van der Waals surface area (Å²) >= 11 is 0. The van der Waals surface area contributed by atoms with E-state index in [-0.39, 0.29) is 0 Å². The predicted octanol–water partition coefficient (Wildman–Crippen LogP) is 2.94. The van der Waals surface area contributed by atoms with Gasteiger partial charge in [0.1, 0.15) is 5.75 Å². The fourth-order valence-electron chi connectivity index (χ4n) is 1.32. The number of H-pyrrole nitrogens is 1. The second-order valence-electron chi connectivity index (χ2n) is 3.44. The number of nitrogens with zero attached hydrogens (tertiary/aromatic N) is 1. The number of imidazole rings is 1. The average molecular weight is 217 g/mol. The van der Waals surface area contributed by atoms with Crippen LogP contribution in [0.4, 0.5) is 11.6 Å². The highest BCUT2D eigenvalue weighted by Crippen LogP contribution is 2.17. The smallest absolute Gasteiger partial charge is 0.204 e. The van der Waals surface area contributed by atoms with Gasteiger partial charge in [0.05, 0.1) is 6.61 Å². The molecule has 2 N–H and O–H groups in total. The molecule has 1 heterocycles. The van der Waals surface area contributed by atoms with Gasteiger partial charge in [-0.25, -0.2) is 4.98 Å². The summed E-state index contributed by atoms with van der Waals surface area (Å²) in [6, 6.07) is 7.82. The SMILES string of the molecule is CCCOc1ccc(Nc2ncc[nH]2)cc1. The van der Waals surface area contributed by atoms with Gasteiger partial charge in [-0.15, -0.1) is 0 Å². The van der Waals surface area contributed by atoms with Crippen LogP contribution in [0.25, 0.3) is 0 Å². The van der Waals surface area contributed by atoms with Gasteiger partial charge in [0, 0.05) is 18.1 Å². The first-order valence-corrected chi connectivity index (χ1v) is 5.38. The van der Waals surface area contributed by atoms with Gasteiger partial charge in [-0.05, 0) is 30.7 Å². The zero-order chi connectivity index (χ0) is 11.2. The predicted molar refractivity (Wildman–Crippen MR) is 64.1 cm³/mol. The van der Waals surface area contributed by atoms with Crippen LogP contribution in [-0.2, 0) is 0 Å². The number of aromatic nitrogens is 2. The van der Waals surface area contributed by atoms with Gasteiger partial charge < -0.3 is 15.0 Å². The second kappa shape index (κ2) is 5.21. The molecule has 16 heavy (non-hydrogen) atoms. The minimum atomic E-state index is 0.738. The molecule has 0 aliphatic carbocycles. The number of hydrogen-bond donors (Lipinski definition) is 2. The number of hydrogen-bond acceptors (Lipinski definition) is 3. The molecular weight excluding hydrogens is 202 g/mol. The molecule has 2 rings (SSSR count). The van der Waals surface area contributed by atoms with Crippen molar-refractivity contribution in [2.75, 3.05) is 11.9 Å². The third kappa shape index (κ3) is 2.76. The standard InChI is InChI=1S/C12H15N3O/c1-2-9-16-11-5-3-10(4-6-11)15-12-13-7-8-14-12/h3-8H,2,9H2,1H3,(H2,13,14,15). The molecule has 0 saturated heterocycles. The fraction of sp³-hybridized carbons (Fsp3) is 0.250. The van der Waals surface area contributed by atoms with Crippen LogP contribution >= 0.6 is 0 Å². The minimum Gasteiger partial charge on any atom is -0.494 e. The summed E-state index contributed by atoms with van der Waals surface area (Å²) < 4.78 is 5.49. The molecule has 4 heteroatoms. The van der Waals surface area contributed by atoms with Crippen molar-refractivity contribution in [2.24, 2.45) is 0 Å². The van der Waals surface area contributed by atoms with Crippen LogP contribution in [0.5, 0.6) is 5.75 Å². The highest BCUT2D eigenvalue weighted by Gasteiger charge is 1.97. The summed E-state index contributed by atoms with van der Waals surface area (Å²) in [6.07, 6.45) is 4.51. The molecule has 84 valence electrons. The molecular formula is C12H15N3O. The highest BCUT2D eigenvalue weighted by molar-refractivity contribution is 5.54. The summed E-state index contributed by atoms with van der Waals surface area (Å²) in [5, 5.41) is 3.14. The Morgan fingerprint density at radius 2 is 2.12 bits per heavy atom. The van der Waals surface area contributed by atoms with Crippen molar-refractivity contribution in [3.8, 4) is 5.75 Å². The zero-order valence-electron chi connectivity index (χ0n) is 9.23. The van der Waals surface area contributed by atoms with E-state index in [0.717, 1.165) is 30.4 Å².